The first-order valence-corrected chi connectivity index (χ1v) is 8.68. The van der Waals surface area contributed by atoms with Crippen molar-refractivity contribution in [3.05, 3.63) is 35.6 Å². The van der Waals surface area contributed by atoms with Gasteiger partial charge in [-0.1, -0.05) is 31.9 Å². The fraction of sp³-hybridized carbons (Fsp3) is 0.611. The summed E-state index contributed by atoms with van der Waals surface area (Å²) in [6.45, 7) is 7.27. The average molecular weight is 321 g/mol. The Labute approximate surface area is 138 Å². The van der Waals surface area contributed by atoms with Crippen LogP contribution in [-0.4, -0.2) is 55.1 Å². The van der Waals surface area contributed by atoms with E-state index in [9.17, 15) is 9.18 Å². The molecule has 1 aliphatic heterocycles. The second kappa shape index (κ2) is 9.50. The Hall–Kier alpha value is -1.62. The van der Waals surface area contributed by atoms with E-state index in [0.717, 1.165) is 64.1 Å². The van der Waals surface area contributed by atoms with E-state index in [2.05, 4.69) is 17.1 Å². The molecule has 1 aromatic rings. The summed E-state index contributed by atoms with van der Waals surface area (Å²) in [5.41, 5.74) is 1.16. The predicted octanol–water partition coefficient (Wildman–Crippen LogP) is 2.89. The van der Waals surface area contributed by atoms with Gasteiger partial charge in [0.05, 0.1) is 0 Å². The quantitative estimate of drug-likeness (QED) is 0.784. The minimum Gasteiger partial charge on any atom is -0.338 e. The summed E-state index contributed by atoms with van der Waals surface area (Å²) in [7, 11) is 0. The number of carbonyl (C=O) groups excluding carboxylic acids is 1. The molecule has 0 bridgehead atoms. The zero-order chi connectivity index (χ0) is 16.5. The van der Waals surface area contributed by atoms with Crippen LogP contribution in [0.3, 0.4) is 0 Å². The van der Waals surface area contributed by atoms with Crippen molar-refractivity contribution in [2.24, 2.45) is 0 Å². The molecule has 4 nitrogen and oxygen atoms in total. The Morgan fingerprint density at radius 1 is 1.13 bits per heavy atom. The fourth-order valence-corrected chi connectivity index (χ4v) is 2.79. The van der Waals surface area contributed by atoms with Crippen LogP contribution in [0.4, 0.5) is 9.18 Å². The van der Waals surface area contributed by atoms with E-state index in [0.29, 0.717) is 0 Å². The molecule has 0 radical (unpaired) electrons. The van der Waals surface area contributed by atoms with Gasteiger partial charge in [-0.15, -0.1) is 0 Å². The number of hydrogen-bond donors (Lipinski definition) is 1. The second-order valence-corrected chi connectivity index (χ2v) is 6.14. The van der Waals surface area contributed by atoms with E-state index in [4.69, 9.17) is 0 Å². The van der Waals surface area contributed by atoms with E-state index in [1.165, 1.54) is 18.6 Å². The van der Waals surface area contributed by atoms with Gasteiger partial charge in [0, 0.05) is 39.3 Å². The summed E-state index contributed by atoms with van der Waals surface area (Å²) in [6.07, 6.45) is 4.31. The van der Waals surface area contributed by atoms with Gasteiger partial charge < -0.3 is 10.2 Å². The first kappa shape index (κ1) is 17.7. The van der Waals surface area contributed by atoms with Gasteiger partial charge in [-0.2, -0.15) is 0 Å². The molecule has 5 heteroatoms. The van der Waals surface area contributed by atoms with Crippen molar-refractivity contribution in [1.82, 2.24) is 15.1 Å². The number of nitrogens with zero attached hydrogens (tertiary/aromatic N) is 2. The molecule has 0 aromatic heterocycles. The number of urea groups is 1. The van der Waals surface area contributed by atoms with Crippen LogP contribution < -0.4 is 5.32 Å². The van der Waals surface area contributed by atoms with E-state index < -0.39 is 0 Å². The third-order valence-corrected chi connectivity index (χ3v) is 4.35. The molecule has 1 aromatic carbocycles. The van der Waals surface area contributed by atoms with Gasteiger partial charge in [-0.25, -0.2) is 9.18 Å². The Balaban J connectivity index is 1.63. The number of unbranched alkanes of at least 4 members (excludes halogenated alkanes) is 2. The van der Waals surface area contributed by atoms with Crippen molar-refractivity contribution in [1.29, 1.82) is 0 Å². The van der Waals surface area contributed by atoms with E-state index in [-0.39, 0.29) is 11.8 Å². The summed E-state index contributed by atoms with van der Waals surface area (Å²) in [4.78, 5) is 16.3. The Morgan fingerprint density at radius 3 is 2.48 bits per heavy atom. The topological polar surface area (TPSA) is 35.6 Å². The van der Waals surface area contributed by atoms with Gasteiger partial charge in [-0.3, -0.25) is 4.90 Å². The SMILES string of the molecule is CCCCCNC(=O)N1CCN(CCc2ccc(F)cc2)CC1. The molecule has 2 amide bonds. The summed E-state index contributed by atoms with van der Waals surface area (Å²) in [6, 6.07) is 6.77. The number of benzene rings is 1. The van der Waals surface area contributed by atoms with E-state index >= 15 is 0 Å². The van der Waals surface area contributed by atoms with Crippen molar-refractivity contribution >= 4 is 6.03 Å². The van der Waals surface area contributed by atoms with Crippen LogP contribution in [0.25, 0.3) is 0 Å². The second-order valence-electron chi connectivity index (χ2n) is 6.14. The minimum atomic E-state index is -0.188. The summed E-state index contributed by atoms with van der Waals surface area (Å²) in [5, 5.41) is 3.00. The molecule has 1 N–H and O–H groups in total. The van der Waals surface area contributed by atoms with Gasteiger partial charge in [0.15, 0.2) is 0 Å². The maximum atomic E-state index is 12.9. The first-order chi connectivity index (χ1) is 11.2. The maximum Gasteiger partial charge on any atom is 0.317 e. The van der Waals surface area contributed by atoms with Gasteiger partial charge in [0.2, 0.25) is 0 Å². The molecule has 0 saturated carbocycles. The number of amides is 2. The van der Waals surface area contributed by atoms with E-state index in [1.54, 1.807) is 0 Å². The van der Waals surface area contributed by atoms with Crippen LogP contribution in [0.15, 0.2) is 24.3 Å². The van der Waals surface area contributed by atoms with Crippen molar-refractivity contribution in [3.8, 4) is 0 Å². The van der Waals surface area contributed by atoms with Crippen molar-refractivity contribution in [3.63, 3.8) is 0 Å². The smallest absolute Gasteiger partial charge is 0.317 e. The highest BCUT2D eigenvalue weighted by molar-refractivity contribution is 5.74. The first-order valence-electron chi connectivity index (χ1n) is 8.68. The Morgan fingerprint density at radius 2 is 1.83 bits per heavy atom. The molecule has 0 aliphatic carbocycles. The van der Waals surface area contributed by atoms with Gasteiger partial charge in [0.1, 0.15) is 5.82 Å². The zero-order valence-electron chi connectivity index (χ0n) is 14.1. The van der Waals surface area contributed by atoms with Crippen molar-refractivity contribution in [2.75, 3.05) is 39.3 Å². The lowest BCUT2D eigenvalue weighted by Gasteiger charge is -2.34. The molecule has 128 valence electrons. The highest BCUT2D eigenvalue weighted by atomic mass is 19.1. The molecule has 1 aliphatic rings. The monoisotopic (exact) mass is 321 g/mol. The van der Waals surface area contributed by atoms with Crippen LogP contribution in [0.2, 0.25) is 0 Å². The number of hydrogen-bond acceptors (Lipinski definition) is 2. The zero-order valence-corrected chi connectivity index (χ0v) is 14.1. The van der Waals surface area contributed by atoms with Crippen LogP contribution in [0, 0.1) is 5.82 Å². The highest BCUT2D eigenvalue weighted by Gasteiger charge is 2.20. The summed E-state index contributed by atoms with van der Waals surface area (Å²) < 4.78 is 12.9. The number of piperazine rings is 1. The summed E-state index contributed by atoms with van der Waals surface area (Å²) >= 11 is 0. The predicted molar refractivity (Wildman–Crippen MR) is 91.0 cm³/mol. The number of halogens is 1. The molecule has 1 fully saturated rings. The third-order valence-electron chi connectivity index (χ3n) is 4.35. The Kier molecular flexibility index (Phi) is 7.33. The third kappa shape index (κ3) is 6.18. The number of rotatable bonds is 7. The van der Waals surface area contributed by atoms with Gasteiger partial charge in [-0.05, 0) is 30.5 Å². The van der Waals surface area contributed by atoms with Crippen LogP contribution in [0.5, 0.6) is 0 Å². The van der Waals surface area contributed by atoms with Gasteiger partial charge in [0.25, 0.3) is 0 Å². The van der Waals surface area contributed by atoms with Gasteiger partial charge >= 0.3 is 6.03 Å². The molecular formula is C18H28FN3O. The largest absolute Gasteiger partial charge is 0.338 e. The maximum absolute atomic E-state index is 12.9. The normalized spacial score (nSPS) is 15.7. The van der Waals surface area contributed by atoms with Crippen LogP contribution in [0.1, 0.15) is 31.7 Å². The standard InChI is InChI=1S/C18H28FN3O/c1-2-3-4-10-20-18(23)22-14-12-21(13-15-22)11-9-16-5-7-17(19)8-6-16/h5-8H,2-4,9-15H2,1H3,(H,20,23). The number of nitrogens with one attached hydrogen (secondary N) is 1. The molecule has 0 atom stereocenters. The van der Waals surface area contributed by atoms with Crippen molar-refractivity contribution in [2.45, 2.75) is 32.6 Å². The molecule has 0 unspecified atom stereocenters. The molecule has 0 spiro atoms. The highest BCUT2D eigenvalue weighted by Crippen LogP contribution is 2.07. The van der Waals surface area contributed by atoms with E-state index in [1.807, 2.05) is 17.0 Å². The van der Waals surface area contributed by atoms with Crippen molar-refractivity contribution < 1.29 is 9.18 Å². The molecule has 1 heterocycles. The van der Waals surface area contributed by atoms with Crippen LogP contribution >= 0.6 is 0 Å². The molecule has 2 rings (SSSR count). The molecule has 1 saturated heterocycles. The summed E-state index contributed by atoms with van der Waals surface area (Å²) in [5.74, 6) is -0.188. The number of carbonyl (C=O) groups is 1. The molecule has 23 heavy (non-hydrogen) atoms. The lowest BCUT2D eigenvalue weighted by Crippen LogP contribution is -2.52. The lowest BCUT2D eigenvalue weighted by atomic mass is 10.1. The fourth-order valence-electron chi connectivity index (χ4n) is 2.79. The average Bonchev–Trinajstić information content (AvgIpc) is 2.58. The lowest BCUT2D eigenvalue weighted by molar-refractivity contribution is 0.140. The van der Waals surface area contributed by atoms with Crippen LogP contribution in [-0.2, 0) is 6.42 Å². The minimum absolute atomic E-state index is 0.0688. The Bertz CT molecular complexity index is 470. The molecular weight excluding hydrogens is 293 g/mol.